The van der Waals surface area contributed by atoms with Gasteiger partial charge < -0.3 is 15.2 Å². The highest BCUT2D eigenvalue weighted by atomic mass is 19.4. The Hall–Kier alpha value is -1.83. The zero-order valence-corrected chi connectivity index (χ0v) is 9.70. The monoisotopic (exact) mass is 276 g/mol. The fourth-order valence-electron chi connectivity index (χ4n) is 1.74. The van der Waals surface area contributed by atoms with Crippen molar-refractivity contribution in [2.24, 2.45) is 0 Å². The van der Waals surface area contributed by atoms with Crippen molar-refractivity contribution in [2.75, 3.05) is 18.5 Å². The second-order valence-electron chi connectivity index (χ2n) is 4.10. The van der Waals surface area contributed by atoms with E-state index in [1.54, 1.807) is 0 Å². The summed E-state index contributed by atoms with van der Waals surface area (Å²) in [5.74, 6) is -1.61. The number of carboxylic acids is 1. The summed E-state index contributed by atoms with van der Waals surface area (Å²) < 4.78 is 42.7. The molecular formula is C11H11F3N2O3. The SMILES string of the molecule is O=C(O)c1ccc(C(F)(F)F)nc1NC1CCOC1. The molecule has 1 aliphatic rings. The van der Waals surface area contributed by atoms with Crippen LogP contribution < -0.4 is 5.32 Å². The number of carboxylic acid groups (broad SMARTS) is 1. The largest absolute Gasteiger partial charge is 0.478 e. The smallest absolute Gasteiger partial charge is 0.433 e. The first-order valence-electron chi connectivity index (χ1n) is 5.54. The lowest BCUT2D eigenvalue weighted by molar-refractivity contribution is -0.141. The molecule has 1 atom stereocenters. The lowest BCUT2D eigenvalue weighted by Crippen LogP contribution is -2.23. The van der Waals surface area contributed by atoms with Gasteiger partial charge in [-0.2, -0.15) is 13.2 Å². The van der Waals surface area contributed by atoms with Gasteiger partial charge in [-0.25, -0.2) is 9.78 Å². The number of carbonyl (C=O) groups is 1. The molecule has 2 rings (SSSR count). The van der Waals surface area contributed by atoms with E-state index in [1.807, 2.05) is 0 Å². The first-order valence-corrected chi connectivity index (χ1v) is 5.54. The Morgan fingerprint density at radius 1 is 1.47 bits per heavy atom. The summed E-state index contributed by atoms with van der Waals surface area (Å²) in [4.78, 5) is 14.3. The van der Waals surface area contributed by atoms with E-state index in [2.05, 4.69) is 10.3 Å². The quantitative estimate of drug-likeness (QED) is 0.883. The van der Waals surface area contributed by atoms with Crippen LogP contribution in [0, 0.1) is 0 Å². The number of hydrogen-bond acceptors (Lipinski definition) is 4. The van der Waals surface area contributed by atoms with Crippen LogP contribution in [0.2, 0.25) is 0 Å². The Bertz CT molecular complexity index is 485. The first kappa shape index (κ1) is 13.6. The van der Waals surface area contributed by atoms with Gasteiger partial charge in [-0.1, -0.05) is 0 Å². The van der Waals surface area contributed by atoms with Crippen LogP contribution in [0.5, 0.6) is 0 Å². The van der Waals surface area contributed by atoms with Gasteiger partial charge >= 0.3 is 12.1 Å². The average Bonchev–Trinajstić information content (AvgIpc) is 2.80. The molecule has 0 aliphatic carbocycles. The van der Waals surface area contributed by atoms with Crippen LogP contribution in [0.25, 0.3) is 0 Å². The van der Waals surface area contributed by atoms with Crippen molar-refractivity contribution in [3.05, 3.63) is 23.4 Å². The number of nitrogens with zero attached hydrogens (tertiary/aromatic N) is 1. The standard InChI is InChI=1S/C11H11F3N2O3/c12-11(13,14)8-2-1-7(10(17)18)9(16-8)15-6-3-4-19-5-6/h1-2,6H,3-5H2,(H,15,16)(H,17,18). The second kappa shape index (κ2) is 5.04. The molecule has 1 fully saturated rings. The van der Waals surface area contributed by atoms with E-state index in [1.165, 1.54) is 0 Å². The Morgan fingerprint density at radius 3 is 2.74 bits per heavy atom. The highest BCUT2D eigenvalue weighted by molar-refractivity contribution is 5.93. The van der Waals surface area contributed by atoms with Gasteiger partial charge in [-0.15, -0.1) is 0 Å². The molecule has 0 bridgehead atoms. The highest BCUT2D eigenvalue weighted by Gasteiger charge is 2.34. The molecule has 8 heteroatoms. The molecule has 5 nitrogen and oxygen atoms in total. The number of pyridine rings is 1. The molecule has 2 N–H and O–H groups in total. The van der Waals surface area contributed by atoms with Crippen molar-refractivity contribution in [3.63, 3.8) is 0 Å². The van der Waals surface area contributed by atoms with Crippen LogP contribution in [0.4, 0.5) is 19.0 Å². The van der Waals surface area contributed by atoms with Gasteiger partial charge in [0.1, 0.15) is 17.1 Å². The number of alkyl halides is 3. The number of halogens is 3. The predicted molar refractivity (Wildman–Crippen MR) is 59.0 cm³/mol. The molecule has 104 valence electrons. The molecule has 0 aromatic carbocycles. The van der Waals surface area contributed by atoms with E-state index < -0.39 is 17.8 Å². The molecule has 1 aliphatic heterocycles. The Kier molecular flexibility index (Phi) is 3.61. The third-order valence-corrected chi connectivity index (χ3v) is 2.69. The van der Waals surface area contributed by atoms with Crippen LogP contribution in [-0.4, -0.2) is 35.3 Å². The van der Waals surface area contributed by atoms with E-state index in [0.29, 0.717) is 25.7 Å². The Labute approximate surface area is 106 Å². The molecule has 2 heterocycles. The normalized spacial score (nSPS) is 19.4. The van der Waals surface area contributed by atoms with Crippen LogP contribution in [0.3, 0.4) is 0 Å². The second-order valence-corrected chi connectivity index (χ2v) is 4.10. The van der Waals surface area contributed by atoms with Crippen molar-refractivity contribution in [3.8, 4) is 0 Å². The molecule has 0 amide bonds. The topological polar surface area (TPSA) is 71.5 Å². The van der Waals surface area contributed by atoms with Gasteiger partial charge in [0.2, 0.25) is 0 Å². The van der Waals surface area contributed by atoms with Crippen molar-refractivity contribution >= 4 is 11.8 Å². The summed E-state index contributed by atoms with van der Waals surface area (Å²) in [6.07, 6.45) is -4.02. The van der Waals surface area contributed by atoms with Gasteiger partial charge in [0.05, 0.1) is 12.6 Å². The summed E-state index contributed by atoms with van der Waals surface area (Å²) in [5.41, 5.74) is -1.42. The van der Waals surface area contributed by atoms with E-state index >= 15 is 0 Å². The molecule has 0 saturated carbocycles. The molecule has 1 unspecified atom stereocenters. The van der Waals surface area contributed by atoms with E-state index in [-0.39, 0.29) is 17.4 Å². The highest BCUT2D eigenvalue weighted by Crippen LogP contribution is 2.30. The number of rotatable bonds is 3. The molecule has 1 aromatic rings. The minimum Gasteiger partial charge on any atom is -0.478 e. The molecular weight excluding hydrogens is 265 g/mol. The van der Waals surface area contributed by atoms with E-state index in [4.69, 9.17) is 9.84 Å². The average molecular weight is 276 g/mol. The number of ether oxygens (including phenoxy) is 1. The van der Waals surface area contributed by atoms with Crippen LogP contribution in [0.1, 0.15) is 22.5 Å². The minimum absolute atomic E-state index is 0.228. The fraction of sp³-hybridized carbons (Fsp3) is 0.455. The first-order chi connectivity index (χ1) is 8.88. The number of anilines is 1. The summed E-state index contributed by atoms with van der Waals surface area (Å²) in [6.45, 7) is 0.802. The maximum atomic E-state index is 12.6. The molecule has 0 radical (unpaired) electrons. The molecule has 1 saturated heterocycles. The van der Waals surface area contributed by atoms with E-state index in [9.17, 15) is 18.0 Å². The van der Waals surface area contributed by atoms with Crippen molar-refractivity contribution in [1.82, 2.24) is 4.98 Å². The Balaban J connectivity index is 2.32. The zero-order valence-electron chi connectivity index (χ0n) is 9.70. The number of aromatic carboxylic acids is 1. The summed E-state index contributed by atoms with van der Waals surface area (Å²) in [6, 6.07) is 1.32. The number of hydrogen-bond donors (Lipinski definition) is 2. The Morgan fingerprint density at radius 2 is 2.21 bits per heavy atom. The minimum atomic E-state index is -4.61. The maximum Gasteiger partial charge on any atom is 0.433 e. The molecule has 1 aromatic heterocycles. The van der Waals surface area contributed by atoms with Gasteiger partial charge in [-0.05, 0) is 18.6 Å². The van der Waals surface area contributed by atoms with Gasteiger partial charge in [0.15, 0.2) is 0 Å². The number of aromatic nitrogens is 1. The maximum absolute atomic E-state index is 12.6. The van der Waals surface area contributed by atoms with Crippen molar-refractivity contribution in [2.45, 2.75) is 18.6 Å². The van der Waals surface area contributed by atoms with Gasteiger partial charge in [-0.3, -0.25) is 0 Å². The van der Waals surface area contributed by atoms with Crippen LogP contribution >= 0.6 is 0 Å². The fourth-order valence-corrected chi connectivity index (χ4v) is 1.74. The van der Waals surface area contributed by atoms with Crippen LogP contribution in [0.15, 0.2) is 12.1 Å². The van der Waals surface area contributed by atoms with Gasteiger partial charge in [0.25, 0.3) is 0 Å². The van der Waals surface area contributed by atoms with Gasteiger partial charge in [0, 0.05) is 6.61 Å². The third kappa shape index (κ3) is 3.14. The third-order valence-electron chi connectivity index (χ3n) is 2.69. The molecule has 0 spiro atoms. The lowest BCUT2D eigenvalue weighted by atomic mass is 10.2. The summed E-state index contributed by atoms with van der Waals surface area (Å²) >= 11 is 0. The molecule has 19 heavy (non-hydrogen) atoms. The van der Waals surface area contributed by atoms with Crippen molar-refractivity contribution in [1.29, 1.82) is 0 Å². The summed E-state index contributed by atoms with van der Waals surface area (Å²) in [7, 11) is 0. The number of nitrogens with one attached hydrogen (secondary N) is 1. The lowest BCUT2D eigenvalue weighted by Gasteiger charge is -2.15. The van der Waals surface area contributed by atoms with E-state index in [0.717, 1.165) is 6.07 Å². The predicted octanol–water partition coefficient (Wildman–Crippen LogP) is 2.00. The zero-order chi connectivity index (χ0) is 14.0. The van der Waals surface area contributed by atoms with Crippen LogP contribution in [-0.2, 0) is 10.9 Å². The van der Waals surface area contributed by atoms with Crippen molar-refractivity contribution < 1.29 is 27.8 Å². The summed E-state index contributed by atoms with van der Waals surface area (Å²) in [5, 5.41) is 11.6.